The summed E-state index contributed by atoms with van der Waals surface area (Å²) in [5.41, 5.74) is 24.0. The van der Waals surface area contributed by atoms with E-state index in [4.69, 9.17) is 0 Å². The molecule has 6 unspecified atom stereocenters. The standard InChI is InChI=1S/2C23H27P3/c1-15-3-5-20(22-6-4-17(12-24)7-16(22)2)11-23(15)21-9-18(13-25)8-19(10-21)14-26;1-15-5-21(19-3-4-20(14-26)16(2)7-19)11-22(6-15)23-9-17(12-24)8-18(10-23)13-25/h2*3-11H,12-14,24-26H2,1-2H3. The van der Waals surface area contributed by atoms with Crippen LogP contribution >= 0.6 is 55.4 Å². The molecule has 0 aliphatic carbocycles. The number of hydrogen-bond donors (Lipinski definition) is 0. The van der Waals surface area contributed by atoms with Crippen molar-refractivity contribution in [3.8, 4) is 44.5 Å². The molecule has 6 aromatic carbocycles. The van der Waals surface area contributed by atoms with Gasteiger partial charge in [0.1, 0.15) is 0 Å². The molecule has 6 rings (SSSR count). The van der Waals surface area contributed by atoms with Crippen molar-refractivity contribution in [1.29, 1.82) is 0 Å². The lowest BCUT2D eigenvalue weighted by atomic mass is 9.92. The fraction of sp³-hybridized carbons (Fsp3) is 0.217. The molecule has 6 aromatic rings. The fourth-order valence-corrected chi connectivity index (χ4v) is 8.47. The first kappa shape index (κ1) is 41.1. The van der Waals surface area contributed by atoms with Gasteiger partial charge in [-0.3, -0.25) is 0 Å². The Morgan fingerprint density at radius 1 is 0.308 bits per heavy atom. The van der Waals surface area contributed by atoms with Crippen molar-refractivity contribution in [2.24, 2.45) is 0 Å². The third-order valence-corrected chi connectivity index (χ3v) is 12.5. The predicted molar refractivity (Wildman–Crippen MR) is 254 cm³/mol. The van der Waals surface area contributed by atoms with E-state index in [0.29, 0.717) is 0 Å². The van der Waals surface area contributed by atoms with Crippen LogP contribution in [-0.4, -0.2) is 0 Å². The maximum Gasteiger partial charge on any atom is -0.0126 e. The maximum absolute atomic E-state index is 2.84. The summed E-state index contributed by atoms with van der Waals surface area (Å²) in [5.74, 6) is 0. The van der Waals surface area contributed by atoms with Gasteiger partial charge < -0.3 is 0 Å². The molecule has 0 aliphatic rings. The van der Waals surface area contributed by atoms with E-state index in [0.717, 1.165) is 37.0 Å². The van der Waals surface area contributed by atoms with Crippen molar-refractivity contribution in [2.45, 2.75) is 64.7 Å². The molecule has 0 fully saturated rings. The van der Waals surface area contributed by atoms with E-state index in [2.05, 4.69) is 192 Å². The third-order valence-electron chi connectivity index (χ3n) is 9.74. The Balaban J connectivity index is 0.000000201. The maximum atomic E-state index is 2.84. The second-order valence-corrected chi connectivity index (χ2v) is 16.2. The Morgan fingerprint density at radius 2 is 0.827 bits per heavy atom. The topological polar surface area (TPSA) is 0 Å². The largest absolute Gasteiger partial charge is 0.133 e. The Bertz CT molecular complexity index is 2120. The van der Waals surface area contributed by atoms with Crippen LogP contribution < -0.4 is 0 Å². The molecule has 6 atom stereocenters. The molecule has 0 bridgehead atoms. The second kappa shape index (κ2) is 19.5. The van der Waals surface area contributed by atoms with Gasteiger partial charge >= 0.3 is 0 Å². The van der Waals surface area contributed by atoms with Crippen molar-refractivity contribution >= 4 is 55.4 Å². The molecule has 0 saturated carbocycles. The summed E-state index contributed by atoms with van der Waals surface area (Å²) < 4.78 is 0. The van der Waals surface area contributed by atoms with E-state index >= 15 is 0 Å². The zero-order valence-corrected chi connectivity index (χ0v) is 38.0. The lowest BCUT2D eigenvalue weighted by Gasteiger charge is -2.14. The van der Waals surface area contributed by atoms with Gasteiger partial charge in [0.25, 0.3) is 0 Å². The van der Waals surface area contributed by atoms with Gasteiger partial charge in [-0.25, -0.2) is 0 Å². The van der Waals surface area contributed by atoms with Gasteiger partial charge in [-0.1, -0.05) is 97.1 Å². The highest BCUT2D eigenvalue weighted by atomic mass is 31.0. The molecule has 52 heavy (non-hydrogen) atoms. The first-order chi connectivity index (χ1) is 25.1. The minimum absolute atomic E-state index is 0.986. The Kier molecular flexibility index (Phi) is 15.4. The van der Waals surface area contributed by atoms with E-state index in [1.165, 1.54) is 100 Å². The predicted octanol–water partition coefficient (Wildman–Crippen LogP) is 13.5. The molecule has 0 spiro atoms. The van der Waals surface area contributed by atoms with Crippen LogP contribution in [0.5, 0.6) is 0 Å². The molecule has 0 N–H and O–H groups in total. The van der Waals surface area contributed by atoms with Crippen LogP contribution in [0, 0.1) is 27.7 Å². The summed E-state index contributed by atoms with van der Waals surface area (Å²) in [5, 5.41) is 0. The first-order valence-electron chi connectivity index (χ1n) is 18.0. The number of aryl methyl sites for hydroxylation is 4. The molecule has 0 nitrogen and oxygen atoms in total. The van der Waals surface area contributed by atoms with Crippen molar-refractivity contribution in [2.75, 3.05) is 0 Å². The minimum atomic E-state index is 0.986. The molecule has 0 heterocycles. The van der Waals surface area contributed by atoms with Crippen molar-refractivity contribution in [3.05, 3.63) is 165 Å². The molecule has 0 aromatic heterocycles. The molecule has 268 valence electrons. The summed E-state index contributed by atoms with van der Waals surface area (Å²) in [7, 11) is 17.0. The third kappa shape index (κ3) is 10.3. The van der Waals surface area contributed by atoms with E-state index < -0.39 is 0 Å². The molecule has 0 radical (unpaired) electrons. The van der Waals surface area contributed by atoms with Crippen molar-refractivity contribution in [1.82, 2.24) is 0 Å². The van der Waals surface area contributed by atoms with Gasteiger partial charge in [0.15, 0.2) is 0 Å². The summed E-state index contributed by atoms with van der Waals surface area (Å²) in [6.07, 6.45) is 5.95. The molecular weight excluding hydrogens is 738 g/mol. The first-order valence-corrected chi connectivity index (χ1v) is 22.9. The van der Waals surface area contributed by atoms with Crippen LogP contribution in [0.3, 0.4) is 0 Å². The lowest BCUT2D eigenvalue weighted by Crippen LogP contribution is -1.92. The second-order valence-electron chi connectivity index (χ2n) is 13.7. The molecule has 6 heteroatoms. The average Bonchev–Trinajstić information content (AvgIpc) is 3.17. The number of rotatable bonds is 10. The van der Waals surface area contributed by atoms with E-state index in [9.17, 15) is 0 Å². The smallest absolute Gasteiger partial charge is 0.0126 e. The zero-order chi connectivity index (χ0) is 37.4. The number of hydrogen-bond acceptors (Lipinski definition) is 0. The summed E-state index contributed by atoms with van der Waals surface area (Å²) in [6.45, 7) is 8.80. The van der Waals surface area contributed by atoms with Gasteiger partial charge in [-0.15, -0.1) is 55.4 Å². The van der Waals surface area contributed by atoms with Gasteiger partial charge in [0.2, 0.25) is 0 Å². The molecule has 0 amide bonds. The highest BCUT2D eigenvalue weighted by Crippen LogP contribution is 2.34. The Morgan fingerprint density at radius 3 is 1.35 bits per heavy atom. The zero-order valence-electron chi connectivity index (χ0n) is 31.1. The Labute approximate surface area is 327 Å². The lowest BCUT2D eigenvalue weighted by molar-refractivity contribution is 1.31. The van der Waals surface area contributed by atoms with Gasteiger partial charge in [-0.2, -0.15) is 0 Å². The number of benzene rings is 6. The molecule has 0 aliphatic heterocycles. The highest BCUT2D eigenvalue weighted by Gasteiger charge is 2.11. The van der Waals surface area contributed by atoms with Crippen LogP contribution in [0.1, 0.15) is 55.6 Å². The van der Waals surface area contributed by atoms with Crippen LogP contribution in [0.25, 0.3) is 44.5 Å². The van der Waals surface area contributed by atoms with Crippen molar-refractivity contribution < 1.29 is 0 Å². The van der Waals surface area contributed by atoms with Crippen LogP contribution in [0.4, 0.5) is 0 Å². The molecular formula is C46H54P6. The van der Waals surface area contributed by atoms with E-state index in [-0.39, 0.29) is 0 Å². The normalized spacial score (nSPS) is 11.0. The van der Waals surface area contributed by atoms with Crippen LogP contribution in [0.15, 0.2) is 109 Å². The van der Waals surface area contributed by atoms with E-state index in [1.54, 1.807) is 0 Å². The average molecular weight is 793 g/mol. The fourth-order valence-electron chi connectivity index (χ4n) is 6.82. The summed E-state index contributed by atoms with van der Waals surface area (Å²) >= 11 is 0. The van der Waals surface area contributed by atoms with Gasteiger partial charge in [0, 0.05) is 0 Å². The summed E-state index contributed by atoms with van der Waals surface area (Å²) in [6, 6.07) is 41.2. The molecule has 0 saturated heterocycles. The highest BCUT2D eigenvalue weighted by molar-refractivity contribution is 7.16. The van der Waals surface area contributed by atoms with Crippen LogP contribution in [0.2, 0.25) is 0 Å². The Hall–Kier alpha value is -2.10. The van der Waals surface area contributed by atoms with Gasteiger partial charge in [-0.05, 0) is 177 Å². The van der Waals surface area contributed by atoms with Crippen LogP contribution in [-0.2, 0) is 37.0 Å². The SMILES string of the molecule is Cc1cc(-c2cc(CP)cc(CP)c2)cc(-c2ccc(CP)c(C)c2)c1.Cc1cc(CP)ccc1-c1ccc(C)c(-c2cc(CP)cc(CP)c2)c1. The summed E-state index contributed by atoms with van der Waals surface area (Å²) in [4.78, 5) is 0. The van der Waals surface area contributed by atoms with Gasteiger partial charge in [0.05, 0.1) is 0 Å². The monoisotopic (exact) mass is 792 g/mol. The quantitative estimate of drug-likeness (QED) is 0.121. The minimum Gasteiger partial charge on any atom is -0.133 e. The van der Waals surface area contributed by atoms with Crippen molar-refractivity contribution in [3.63, 3.8) is 0 Å². The van der Waals surface area contributed by atoms with E-state index in [1.807, 2.05) is 0 Å².